The highest BCUT2D eigenvalue weighted by Gasteiger charge is 2.08. The molecule has 2 aromatic rings. The van der Waals surface area contributed by atoms with E-state index >= 15 is 0 Å². The van der Waals surface area contributed by atoms with Gasteiger partial charge >= 0.3 is 0 Å². The van der Waals surface area contributed by atoms with Gasteiger partial charge in [0.2, 0.25) is 0 Å². The molecule has 2 heterocycles. The number of H-pyrrole nitrogens is 1. The van der Waals surface area contributed by atoms with Crippen LogP contribution in [0.5, 0.6) is 0 Å². The molecule has 2 N–H and O–H groups in total. The number of thiophene rings is 1. The second kappa shape index (κ2) is 3.63. The first-order valence-corrected chi connectivity index (χ1v) is 5.05. The summed E-state index contributed by atoms with van der Waals surface area (Å²) in [5.41, 5.74) is 1.59. The van der Waals surface area contributed by atoms with Crippen molar-refractivity contribution in [3.63, 3.8) is 0 Å². The molecule has 14 heavy (non-hydrogen) atoms. The lowest BCUT2D eigenvalue weighted by atomic mass is 10.3. The number of nitrogens with zero attached hydrogens (tertiary/aromatic N) is 1. The molecule has 0 radical (unpaired) electrons. The Morgan fingerprint density at radius 1 is 1.64 bits per heavy atom. The number of aromatic nitrogens is 2. The van der Waals surface area contributed by atoms with Crippen LogP contribution >= 0.6 is 11.3 Å². The summed E-state index contributed by atoms with van der Waals surface area (Å²) in [6, 6.07) is 1.78. The van der Waals surface area contributed by atoms with Crippen molar-refractivity contribution in [2.75, 3.05) is 5.32 Å². The Morgan fingerprint density at radius 3 is 3.07 bits per heavy atom. The standard InChI is InChI=1S/C9H9N3OS/c1-6-4-10-12-8(6)11-9(13)7-2-3-14-5-7/h2-5H,1H3,(H2,10,11,12,13). The number of hydrogen-bond acceptors (Lipinski definition) is 3. The molecule has 0 atom stereocenters. The highest BCUT2D eigenvalue weighted by Crippen LogP contribution is 2.12. The largest absolute Gasteiger partial charge is 0.307 e. The average molecular weight is 207 g/mol. The van der Waals surface area contributed by atoms with Crippen LogP contribution in [0.25, 0.3) is 0 Å². The van der Waals surface area contributed by atoms with Gasteiger partial charge < -0.3 is 5.32 Å². The number of amides is 1. The van der Waals surface area contributed by atoms with Gasteiger partial charge in [-0.2, -0.15) is 16.4 Å². The molecular formula is C9H9N3OS. The fourth-order valence-electron chi connectivity index (χ4n) is 1.05. The van der Waals surface area contributed by atoms with Crippen LogP contribution in [0.1, 0.15) is 15.9 Å². The lowest BCUT2D eigenvalue weighted by molar-refractivity contribution is 0.102. The fourth-order valence-corrected chi connectivity index (χ4v) is 1.69. The third kappa shape index (κ3) is 1.67. The molecule has 0 spiro atoms. The SMILES string of the molecule is Cc1cn[nH]c1NC(=O)c1ccsc1. The first kappa shape index (κ1) is 8.96. The number of anilines is 1. The van der Waals surface area contributed by atoms with Crippen molar-refractivity contribution in [2.45, 2.75) is 6.92 Å². The van der Waals surface area contributed by atoms with Crippen LogP contribution in [-0.4, -0.2) is 16.1 Å². The predicted molar refractivity (Wildman–Crippen MR) is 55.6 cm³/mol. The second-order valence-electron chi connectivity index (χ2n) is 2.89. The van der Waals surface area contributed by atoms with E-state index in [1.165, 1.54) is 11.3 Å². The van der Waals surface area contributed by atoms with Crippen molar-refractivity contribution in [1.82, 2.24) is 10.2 Å². The predicted octanol–water partition coefficient (Wildman–Crippen LogP) is 2.03. The van der Waals surface area contributed by atoms with Crippen molar-refractivity contribution < 1.29 is 4.79 Å². The van der Waals surface area contributed by atoms with Crippen molar-refractivity contribution in [3.05, 3.63) is 34.2 Å². The van der Waals surface area contributed by atoms with Crippen LogP contribution < -0.4 is 5.32 Å². The zero-order valence-electron chi connectivity index (χ0n) is 7.57. The van der Waals surface area contributed by atoms with Gasteiger partial charge in [0.15, 0.2) is 0 Å². The molecule has 0 saturated carbocycles. The minimum absolute atomic E-state index is 0.112. The van der Waals surface area contributed by atoms with Crippen molar-refractivity contribution in [2.24, 2.45) is 0 Å². The maximum atomic E-state index is 11.6. The number of hydrogen-bond donors (Lipinski definition) is 2. The van der Waals surface area contributed by atoms with Gasteiger partial charge in [-0.1, -0.05) is 0 Å². The van der Waals surface area contributed by atoms with E-state index < -0.39 is 0 Å². The van der Waals surface area contributed by atoms with Crippen LogP contribution in [-0.2, 0) is 0 Å². The average Bonchev–Trinajstić information content (AvgIpc) is 2.77. The van der Waals surface area contributed by atoms with Crippen LogP contribution in [0.15, 0.2) is 23.0 Å². The van der Waals surface area contributed by atoms with Crippen molar-refractivity contribution in [3.8, 4) is 0 Å². The first-order chi connectivity index (χ1) is 6.77. The zero-order valence-corrected chi connectivity index (χ0v) is 8.39. The summed E-state index contributed by atoms with van der Waals surface area (Å²) >= 11 is 1.50. The highest BCUT2D eigenvalue weighted by atomic mass is 32.1. The Labute approximate surface area is 85.0 Å². The van der Waals surface area contributed by atoms with Crippen molar-refractivity contribution >= 4 is 23.1 Å². The van der Waals surface area contributed by atoms with Gasteiger partial charge in [-0.3, -0.25) is 9.89 Å². The van der Waals surface area contributed by atoms with Crippen LogP contribution in [0, 0.1) is 6.92 Å². The van der Waals surface area contributed by atoms with E-state index in [0.29, 0.717) is 11.4 Å². The second-order valence-corrected chi connectivity index (χ2v) is 3.67. The molecule has 0 bridgehead atoms. The van der Waals surface area contributed by atoms with Gasteiger partial charge in [0.1, 0.15) is 5.82 Å². The van der Waals surface area contributed by atoms with Crippen molar-refractivity contribution in [1.29, 1.82) is 0 Å². The Hall–Kier alpha value is -1.62. The third-order valence-corrected chi connectivity index (χ3v) is 2.53. The summed E-state index contributed by atoms with van der Waals surface area (Å²) < 4.78 is 0. The van der Waals surface area contributed by atoms with Crippen LogP contribution in [0.2, 0.25) is 0 Å². The first-order valence-electron chi connectivity index (χ1n) is 4.11. The van der Waals surface area contributed by atoms with E-state index in [9.17, 15) is 4.79 Å². The quantitative estimate of drug-likeness (QED) is 0.791. The van der Waals surface area contributed by atoms with Gasteiger partial charge in [-0.05, 0) is 18.4 Å². The normalized spacial score (nSPS) is 10.1. The zero-order chi connectivity index (χ0) is 9.97. The minimum Gasteiger partial charge on any atom is -0.307 e. The highest BCUT2D eigenvalue weighted by molar-refractivity contribution is 7.08. The molecule has 0 aliphatic rings. The van der Waals surface area contributed by atoms with E-state index in [2.05, 4.69) is 15.5 Å². The summed E-state index contributed by atoms with van der Waals surface area (Å²) in [5.74, 6) is 0.541. The molecule has 0 aliphatic heterocycles. The van der Waals surface area contributed by atoms with Gasteiger partial charge in [-0.15, -0.1) is 0 Å². The lowest BCUT2D eigenvalue weighted by Gasteiger charge is -2.00. The molecule has 0 aliphatic carbocycles. The smallest absolute Gasteiger partial charge is 0.257 e. The van der Waals surface area contributed by atoms with E-state index in [1.54, 1.807) is 17.6 Å². The molecule has 0 aromatic carbocycles. The molecule has 5 heteroatoms. The van der Waals surface area contributed by atoms with Gasteiger partial charge in [0, 0.05) is 10.9 Å². The lowest BCUT2D eigenvalue weighted by Crippen LogP contribution is -2.11. The molecule has 0 unspecified atom stereocenters. The van der Waals surface area contributed by atoms with E-state index in [-0.39, 0.29) is 5.91 Å². The number of carbonyl (C=O) groups is 1. The minimum atomic E-state index is -0.112. The summed E-state index contributed by atoms with van der Waals surface area (Å²) in [6.45, 7) is 1.88. The Balaban J connectivity index is 2.13. The van der Waals surface area contributed by atoms with E-state index in [4.69, 9.17) is 0 Å². The molecule has 0 fully saturated rings. The summed E-state index contributed by atoms with van der Waals surface area (Å²) in [4.78, 5) is 11.6. The van der Waals surface area contributed by atoms with Gasteiger partial charge in [0.25, 0.3) is 5.91 Å². The molecule has 4 nitrogen and oxygen atoms in total. The Kier molecular flexibility index (Phi) is 2.32. The number of nitrogens with one attached hydrogen (secondary N) is 2. The van der Waals surface area contributed by atoms with Crippen LogP contribution in [0.3, 0.4) is 0 Å². The maximum Gasteiger partial charge on any atom is 0.257 e. The molecule has 72 valence electrons. The van der Waals surface area contributed by atoms with E-state index in [0.717, 1.165) is 5.56 Å². The maximum absolute atomic E-state index is 11.6. The molecule has 2 rings (SSSR count). The fraction of sp³-hybridized carbons (Fsp3) is 0.111. The third-order valence-electron chi connectivity index (χ3n) is 1.85. The Morgan fingerprint density at radius 2 is 2.50 bits per heavy atom. The molecule has 0 saturated heterocycles. The van der Waals surface area contributed by atoms with Gasteiger partial charge in [-0.25, -0.2) is 0 Å². The number of aryl methyl sites for hydroxylation is 1. The van der Waals surface area contributed by atoms with Gasteiger partial charge in [0.05, 0.1) is 11.8 Å². The molecule has 2 aromatic heterocycles. The summed E-state index contributed by atoms with van der Waals surface area (Å²) in [6.07, 6.45) is 1.67. The Bertz CT molecular complexity index is 433. The topological polar surface area (TPSA) is 57.8 Å². The molecular weight excluding hydrogens is 198 g/mol. The number of carbonyl (C=O) groups excluding carboxylic acids is 1. The van der Waals surface area contributed by atoms with Crippen LogP contribution in [0.4, 0.5) is 5.82 Å². The monoisotopic (exact) mass is 207 g/mol. The number of aromatic amines is 1. The summed E-state index contributed by atoms with van der Waals surface area (Å²) in [7, 11) is 0. The number of rotatable bonds is 2. The summed E-state index contributed by atoms with van der Waals surface area (Å²) in [5, 5.41) is 13.0. The van der Waals surface area contributed by atoms with E-state index in [1.807, 2.05) is 12.3 Å². The molecule has 1 amide bonds.